The first kappa shape index (κ1) is 14.6. The number of carboxylic acid groups (broad SMARTS) is 1. The van der Waals surface area contributed by atoms with Gasteiger partial charge < -0.3 is 10.0 Å². The fourth-order valence-corrected chi connectivity index (χ4v) is 2.84. The second-order valence-corrected chi connectivity index (χ2v) is 5.60. The van der Waals surface area contributed by atoms with Gasteiger partial charge in [-0.15, -0.1) is 0 Å². The third kappa shape index (κ3) is 3.18. The highest BCUT2D eigenvalue weighted by Gasteiger charge is 2.32. The summed E-state index contributed by atoms with van der Waals surface area (Å²) < 4.78 is 0. The average molecular weight is 275 g/mol. The zero-order valence-electron chi connectivity index (χ0n) is 12.0. The Morgan fingerprint density at radius 2 is 2.05 bits per heavy atom. The van der Waals surface area contributed by atoms with E-state index in [1.807, 2.05) is 43.0 Å². The van der Waals surface area contributed by atoms with Crippen LogP contribution < -0.4 is 0 Å². The predicted molar refractivity (Wildman–Crippen MR) is 76.4 cm³/mol. The molecule has 1 amide bonds. The lowest BCUT2D eigenvalue weighted by Gasteiger charge is -2.36. The summed E-state index contributed by atoms with van der Waals surface area (Å²) in [6, 6.07) is 7.88. The molecule has 1 N–H and O–H groups in total. The average Bonchev–Trinajstić information content (AvgIpc) is 2.41. The number of rotatable bonds is 3. The molecular weight excluding hydrogens is 254 g/mol. The van der Waals surface area contributed by atoms with Crippen molar-refractivity contribution in [1.29, 1.82) is 0 Å². The monoisotopic (exact) mass is 275 g/mol. The lowest BCUT2D eigenvalue weighted by molar-refractivity contribution is -0.147. The Kier molecular flexibility index (Phi) is 4.42. The largest absolute Gasteiger partial charge is 0.481 e. The van der Waals surface area contributed by atoms with Gasteiger partial charge in [0.15, 0.2) is 0 Å². The van der Waals surface area contributed by atoms with Gasteiger partial charge in [-0.05, 0) is 37.8 Å². The second-order valence-electron chi connectivity index (χ2n) is 5.60. The molecule has 1 aromatic rings. The van der Waals surface area contributed by atoms with Gasteiger partial charge in [0, 0.05) is 12.6 Å². The van der Waals surface area contributed by atoms with Crippen LogP contribution in [-0.2, 0) is 16.0 Å². The number of carbonyl (C=O) groups is 2. The van der Waals surface area contributed by atoms with E-state index in [1.54, 1.807) is 0 Å². The summed E-state index contributed by atoms with van der Waals surface area (Å²) in [6.07, 6.45) is 1.50. The van der Waals surface area contributed by atoms with Crippen molar-refractivity contribution in [1.82, 2.24) is 4.90 Å². The highest BCUT2D eigenvalue weighted by atomic mass is 16.4. The number of amides is 1. The molecule has 1 heterocycles. The number of nitrogens with zero attached hydrogens (tertiary/aromatic N) is 1. The maximum absolute atomic E-state index is 12.4. The van der Waals surface area contributed by atoms with Gasteiger partial charge in [0.05, 0.1) is 12.3 Å². The molecule has 2 rings (SSSR count). The Bertz CT molecular complexity index is 512. The molecule has 0 aliphatic carbocycles. The number of benzene rings is 1. The summed E-state index contributed by atoms with van der Waals surface area (Å²) in [5.41, 5.74) is 2.17. The van der Waals surface area contributed by atoms with Crippen molar-refractivity contribution in [2.75, 3.05) is 6.54 Å². The van der Waals surface area contributed by atoms with Crippen LogP contribution in [-0.4, -0.2) is 34.5 Å². The van der Waals surface area contributed by atoms with E-state index in [1.165, 1.54) is 0 Å². The smallest absolute Gasteiger partial charge is 0.306 e. The topological polar surface area (TPSA) is 57.6 Å². The van der Waals surface area contributed by atoms with Gasteiger partial charge >= 0.3 is 5.97 Å². The second kappa shape index (κ2) is 6.07. The molecule has 4 heteroatoms. The quantitative estimate of drug-likeness (QED) is 0.920. The van der Waals surface area contributed by atoms with Gasteiger partial charge in [-0.1, -0.05) is 24.3 Å². The van der Waals surface area contributed by atoms with Crippen LogP contribution >= 0.6 is 0 Å². The molecule has 1 saturated heterocycles. The molecular formula is C16H21NO3. The van der Waals surface area contributed by atoms with Crippen LogP contribution in [0.15, 0.2) is 24.3 Å². The molecule has 20 heavy (non-hydrogen) atoms. The van der Waals surface area contributed by atoms with Gasteiger partial charge in [-0.2, -0.15) is 0 Å². The zero-order chi connectivity index (χ0) is 14.7. The minimum Gasteiger partial charge on any atom is -0.481 e. The standard InChI is InChI=1S/C16H21NO3/c1-11-5-3-4-6-13(11)10-15(18)17-8-7-14(16(19)20)9-12(17)2/h3-6,12,14H,7-10H2,1-2H3,(H,19,20). The third-order valence-corrected chi connectivity index (χ3v) is 4.15. The number of hydrogen-bond donors (Lipinski definition) is 1. The first-order valence-corrected chi connectivity index (χ1v) is 7.06. The molecule has 0 radical (unpaired) electrons. The van der Waals surface area contributed by atoms with Crippen LogP contribution in [0.4, 0.5) is 0 Å². The molecule has 0 bridgehead atoms. The minimum absolute atomic E-state index is 0.00127. The van der Waals surface area contributed by atoms with Crippen molar-refractivity contribution in [3.8, 4) is 0 Å². The Balaban J connectivity index is 2.00. The van der Waals surface area contributed by atoms with Crippen LogP contribution in [0.5, 0.6) is 0 Å². The lowest BCUT2D eigenvalue weighted by atomic mass is 9.91. The first-order valence-electron chi connectivity index (χ1n) is 7.06. The predicted octanol–water partition coefficient (Wildman–Crippen LogP) is 2.25. The van der Waals surface area contributed by atoms with E-state index >= 15 is 0 Å². The Labute approximate surface area is 119 Å². The number of hydrogen-bond acceptors (Lipinski definition) is 2. The maximum Gasteiger partial charge on any atom is 0.306 e. The number of aryl methyl sites for hydroxylation is 1. The number of carbonyl (C=O) groups excluding carboxylic acids is 1. The summed E-state index contributed by atoms with van der Waals surface area (Å²) in [7, 11) is 0. The summed E-state index contributed by atoms with van der Waals surface area (Å²) in [4.78, 5) is 25.2. The Hall–Kier alpha value is -1.84. The SMILES string of the molecule is Cc1ccccc1CC(=O)N1CCC(C(=O)O)CC1C. The number of carboxylic acids is 1. The van der Waals surface area contributed by atoms with Crippen LogP contribution in [0, 0.1) is 12.8 Å². The molecule has 1 aromatic carbocycles. The van der Waals surface area contributed by atoms with Crippen molar-refractivity contribution in [3.63, 3.8) is 0 Å². The Morgan fingerprint density at radius 3 is 2.65 bits per heavy atom. The highest BCUT2D eigenvalue weighted by molar-refractivity contribution is 5.80. The molecule has 1 aliphatic rings. The molecule has 2 atom stereocenters. The van der Waals surface area contributed by atoms with Gasteiger partial charge in [-0.3, -0.25) is 9.59 Å². The van der Waals surface area contributed by atoms with E-state index < -0.39 is 5.97 Å². The van der Waals surface area contributed by atoms with Crippen molar-refractivity contribution in [3.05, 3.63) is 35.4 Å². The highest BCUT2D eigenvalue weighted by Crippen LogP contribution is 2.24. The van der Waals surface area contributed by atoms with Crippen LogP contribution in [0.2, 0.25) is 0 Å². The lowest BCUT2D eigenvalue weighted by Crippen LogP contribution is -2.46. The van der Waals surface area contributed by atoms with Crippen molar-refractivity contribution < 1.29 is 14.7 Å². The summed E-state index contributed by atoms with van der Waals surface area (Å²) in [5.74, 6) is -0.967. The molecule has 0 spiro atoms. The molecule has 108 valence electrons. The molecule has 0 aromatic heterocycles. The molecule has 2 unspecified atom stereocenters. The van der Waals surface area contributed by atoms with E-state index in [9.17, 15) is 9.59 Å². The fraction of sp³-hybridized carbons (Fsp3) is 0.500. The Morgan fingerprint density at radius 1 is 1.35 bits per heavy atom. The van der Waals surface area contributed by atoms with Crippen LogP contribution in [0.3, 0.4) is 0 Å². The number of piperidine rings is 1. The van der Waals surface area contributed by atoms with E-state index in [2.05, 4.69) is 0 Å². The van der Waals surface area contributed by atoms with Crippen molar-refractivity contribution in [2.45, 2.75) is 39.2 Å². The van der Waals surface area contributed by atoms with E-state index in [0.29, 0.717) is 25.8 Å². The summed E-state index contributed by atoms with van der Waals surface area (Å²) >= 11 is 0. The van der Waals surface area contributed by atoms with Gasteiger partial charge in [-0.25, -0.2) is 0 Å². The minimum atomic E-state index is -0.747. The molecule has 4 nitrogen and oxygen atoms in total. The van der Waals surface area contributed by atoms with Gasteiger partial charge in [0.2, 0.25) is 5.91 Å². The van der Waals surface area contributed by atoms with E-state index in [-0.39, 0.29) is 17.9 Å². The molecule has 1 fully saturated rings. The van der Waals surface area contributed by atoms with Gasteiger partial charge in [0.25, 0.3) is 0 Å². The molecule has 0 saturated carbocycles. The van der Waals surface area contributed by atoms with Crippen LogP contribution in [0.1, 0.15) is 30.9 Å². The molecule has 1 aliphatic heterocycles. The van der Waals surface area contributed by atoms with Gasteiger partial charge in [0.1, 0.15) is 0 Å². The number of aliphatic carboxylic acids is 1. The number of likely N-dealkylation sites (tertiary alicyclic amines) is 1. The normalized spacial score (nSPS) is 22.6. The summed E-state index contributed by atoms with van der Waals surface area (Å²) in [5, 5.41) is 9.05. The zero-order valence-corrected chi connectivity index (χ0v) is 12.0. The van der Waals surface area contributed by atoms with Crippen molar-refractivity contribution in [2.24, 2.45) is 5.92 Å². The first-order chi connectivity index (χ1) is 9.49. The van der Waals surface area contributed by atoms with Crippen molar-refractivity contribution >= 4 is 11.9 Å². The van der Waals surface area contributed by atoms with E-state index in [0.717, 1.165) is 11.1 Å². The van der Waals surface area contributed by atoms with E-state index in [4.69, 9.17) is 5.11 Å². The maximum atomic E-state index is 12.4. The van der Waals surface area contributed by atoms with Crippen LogP contribution in [0.25, 0.3) is 0 Å². The third-order valence-electron chi connectivity index (χ3n) is 4.15. The summed E-state index contributed by atoms with van der Waals surface area (Å²) in [6.45, 7) is 4.48. The fourth-order valence-electron chi connectivity index (χ4n) is 2.84.